The lowest BCUT2D eigenvalue weighted by atomic mass is 10.1. The minimum Gasteiger partial charge on any atom is -0.378 e. The van der Waals surface area contributed by atoms with E-state index in [-0.39, 0.29) is 5.91 Å². The average molecular weight is 518 g/mol. The second kappa shape index (κ2) is 11.9. The van der Waals surface area contributed by atoms with Crippen LogP contribution in [0.25, 0.3) is 11.3 Å². The molecule has 3 N–H and O–H groups in total. The average Bonchev–Trinajstić information content (AvgIpc) is 2.98. The number of amides is 1. The maximum Gasteiger partial charge on any atom is 0.247 e. The van der Waals surface area contributed by atoms with Crippen LogP contribution in [0.3, 0.4) is 0 Å². The number of morpholine rings is 1. The summed E-state index contributed by atoms with van der Waals surface area (Å²) in [6, 6.07) is 25.0. The molecule has 0 radical (unpaired) electrons. The predicted octanol–water partition coefficient (Wildman–Crippen LogP) is 5.46. The first-order valence-corrected chi connectivity index (χ1v) is 12.5. The van der Waals surface area contributed by atoms with E-state index in [0.29, 0.717) is 47.4 Å². The Morgan fingerprint density at radius 2 is 1.77 bits per heavy atom. The number of benzene rings is 3. The smallest absolute Gasteiger partial charge is 0.247 e. The predicted molar refractivity (Wildman–Crippen MR) is 153 cm³/mol. The molecule has 194 valence electrons. The summed E-state index contributed by atoms with van der Waals surface area (Å²) in [5.74, 6) is 0.0191. The monoisotopic (exact) mass is 517 g/mol. The summed E-state index contributed by atoms with van der Waals surface area (Å²) >= 11 is 0. The third-order valence-electron chi connectivity index (χ3n) is 6.11. The highest BCUT2D eigenvalue weighted by Crippen LogP contribution is 2.32. The second-order valence-electron chi connectivity index (χ2n) is 8.83. The van der Waals surface area contributed by atoms with Crippen LogP contribution >= 0.6 is 0 Å². The number of hydrogen-bond acceptors (Lipinski definition) is 8. The van der Waals surface area contributed by atoms with Gasteiger partial charge in [0.2, 0.25) is 11.9 Å². The Balaban J connectivity index is 1.52. The molecule has 1 saturated heterocycles. The fraction of sp³-hybridized carbons (Fsp3) is 0.133. The van der Waals surface area contributed by atoms with Crippen LogP contribution in [-0.4, -0.2) is 42.2 Å². The van der Waals surface area contributed by atoms with E-state index in [1.165, 1.54) is 6.08 Å². The lowest BCUT2D eigenvalue weighted by Crippen LogP contribution is -2.36. The van der Waals surface area contributed by atoms with Crippen molar-refractivity contribution in [2.75, 3.05) is 47.2 Å². The highest BCUT2D eigenvalue weighted by molar-refractivity contribution is 5.99. The van der Waals surface area contributed by atoms with Crippen LogP contribution in [0.5, 0.6) is 0 Å². The third kappa shape index (κ3) is 6.39. The SMILES string of the molecule is C=CC(=O)Nc1cc(C#N)cc(-c2nc(Nc3cccc(N4CCOCC4)c3)ncc2Nc2ccccc2)c1. The molecule has 0 saturated carbocycles. The molecule has 0 aliphatic carbocycles. The summed E-state index contributed by atoms with van der Waals surface area (Å²) in [6.45, 7) is 6.59. The van der Waals surface area contributed by atoms with Gasteiger partial charge in [0, 0.05) is 41.4 Å². The Kier molecular flexibility index (Phi) is 7.76. The van der Waals surface area contributed by atoms with Gasteiger partial charge in [0.15, 0.2) is 0 Å². The van der Waals surface area contributed by atoms with E-state index in [1.54, 1.807) is 24.4 Å². The summed E-state index contributed by atoms with van der Waals surface area (Å²) in [4.78, 5) is 23.6. The minimum absolute atomic E-state index is 0.371. The lowest BCUT2D eigenvalue weighted by molar-refractivity contribution is -0.111. The Labute approximate surface area is 226 Å². The quantitative estimate of drug-likeness (QED) is 0.264. The Bertz CT molecular complexity index is 1530. The molecule has 39 heavy (non-hydrogen) atoms. The van der Waals surface area contributed by atoms with Gasteiger partial charge in [0.05, 0.1) is 42.4 Å². The zero-order valence-electron chi connectivity index (χ0n) is 21.2. The van der Waals surface area contributed by atoms with Gasteiger partial charge in [-0.3, -0.25) is 4.79 Å². The van der Waals surface area contributed by atoms with Gasteiger partial charge >= 0.3 is 0 Å². The minimum atomic E-state index is -0.371. The van der Waals surface area contributed by atoms with Gasteiger partial charge in [-0.15, -0.1) is 0 Å². The van der Waals surface area contributed by atoms with Gasteiger partial charge in [0.25, 0.3) is 0 Å². The Hall–Kier alpha value is -5.20. The van der Waals surface area contributed by atoms with Gasteiger partial charge in [-0.2, -0.15) is 5.26 Å². The third-order valence-corrected chi connectivity index (χ3v) is 6.11. The molecular weight excluding hydrogens is 490 g/mol. The summed E-state index contributed by atoms with van der Waals surface area (Å²) < 4.78 is 5.48. The van der Waals surface area contributed by atoms with E-state index >= 15 is 0 Å². The molecule has 0 atom stereocenters. The molecule has 4 aromatic rings. The molecule has 0 spiro atoms. The first-order chi connectivity index (χ1) is 19.1. The molecule has 1 aliphatic rings. The highest BCUT2D eigenvalue weighted by atomic mass is 16.5. The van der Waals surface area contributed by atoms with Crippen molar-refractivity contribution >= 4 is 40.3 Å². The summed E-state index contributed by atoms with van der Waals surface area (Å²) in [5, 5.41) is 19.1. The molecule has 1 aromatic heterocycles. The normalized spacial score (nSPS) is 12.7. The Morgan fingerprint density at radius 3 is 2.54 bits per heavy atom. The van der Waals surface area contributed by atoms with Crippen LogP contribution in [0.4, 0.5) is 34.4 Å². The van der Waals surface area contributed by atoms with E-state index in [1.807, 2.05) is 42.5 Å². The van der Waals surface area contributed by atoms with Crippen LogP contribution < -0.4 is 20.9 Å². The molecule has 3 aromatic carbocycles. The van der Waals surface area contributed by atoms with Crippen LogP contribution in [0, 0.1) is 11.3 Å². The van der Waals surface area contributed by atoms with Crippen molar-refractivity contribution in [3.63, 3.8) is 0 Å². The van der Waals surface area contributed by atoms with Crippen LogP contribution in [-0.2, 0) is 9.53 Å². The molecule has 5 rings (SSSR count). The van der Waals surface area contributed by atoms with Crippen LogP contribution in [0.15, 0.2) is 91.6 Å². The second-order valence-corrected chi connectivity index (χ2v) is 8.83. The first-order valence-electron chi connectivity index (χ1n) is 12.5. The number of nitrogens with one attached hydrogen (secondary N) is 3. The zero-order chi connectivity index (χ0) is 27.0. The number of nitriles is 1. The topological polar surface area (TPSA) is 115 Å². The van der Waals surface area contributed by atoms with E-state index in [0.717, 1.165) is 30.2 Å². The standard InChI is InChI=1S/C30H27N7O2/c1-2-28(38)34-25-16-21(19-31)15-22(17-25)29-27(33-23-7-4-3-5-8-23)20-32-30(36-29)35-24-9-6-10-26(18-24)37-11-13-39-14-12-37/h2-10,15-18,20,33H,1,11-14H2,(H,34,38)(H,32,35,36). The number of para-hydroxylation sites is 1. The number of hydrogen-bond donors (Lipinski definition) is 3. The van der Waals surface area contributed by atoms with Gasteiger partial charge in [0.1, 0.15) is 0 Å². The number of anilines is 6. The van der Waals surface area contributed by atoms with Gasteiger partial charge in [-0.25, -0.2) is 9.97 Å². The molecule has 1 fully saturated rings. The number of carbonyl (C=O) groups is 1. The van der Waals surface area contributed by atoms with Crippen molar-refractivity contribution in [2.24, 2.45) is 0 Å². The van der Waals surface area contributed by atoms with E-state index < -0.39 is 0 Å². The van der Waals surface area contributed by atoms with E-state index in [2.05, 4.69) is 50.6 Å². The van der Waals surface area contributed by atoms with Gasteiger partial charge in [-0.1, -0.05) is 30.8 Å². The van der Waals surface area contributed by atoms with Crippen LogP contribution in [0.2, 0.25) is 0 Å². The van der Waals surface area contributed by atoms with Crippen molar-refractivity contribution in [2.45, 2.75) is 0 Å². The summed E-state index contributed by atoms with van der Waals surface area (Å²) in [5.41, 5.74) is 5.48. The van der Waals surface area contributed by atoms with Crippen molar-refractivity contribution in [1.82, 2.24) is 9.97 Å². The van der Waals surface area contributed by atoms with Crippen LogP contribution in [0.1, 0.15) is 5.56 Å². The lowest BCUT2D eigenvalue weighted by Gasteiger charge is -2.29. The van der Waals surface area contributed by atoms with Crippen molar-refractivity contribution in [3.8, 4) is 17.3 Å². The zero-order valence-corrected chi connectivity index (χ0v) is 21.2. The van der Waals surface area contributed by atoms with Gasteiger partial charge in [-0.05, 0) is 54.6 Å². The molecule has 0 bridgehead atoms. The van der Waals surface area contributed by atoms with Gasteiger partial charge < -0.3 is 25.6 Å². The van der Waals surface area contributed by atoms with E-state index in [4.69, 9.17) is 9.72 Å². The molecule has 2 heterocycles. The maximum absolute atomic E-state index is 12.0. The summed E-state index contributed by atoms with van der Waals surface area (Å²) in [7, 11) is 0. The number of ether oxygens (including phenoxy) is 1. The largest absolute Gasteiger partial charge is 0.378 e. The van der Waals surface area contributed by atoms with E-state index in [9.17, 15) is 10.1 Å². The number of rotatable bonds is 8. The maximum atomic E-state index is 12.0. The molecule has 9 heteroatoms. The molecule has 1 amide bonds. The number of aromatic nitrogens is 2. The fourth-order valence-corrected chi connectivity index (χ4v) is 4.26. The molecule has 1 aliphatic heterocycles. The number of carbonyl (C=O) groups excluding carboxylic acids is 1. The summed E-state index contributed by atoms with van der Waals surface area (Å²) in [6.07, 6.45) is 2.88. The van der Waals surface area contributed by atoms with Crippen molar-refractivity contribution in [1.29, 1.82) is 5.26 Å². The Morgan fingerprint density at radius 1 is 0.974 bits per heavy atom. The molecule has 0 unspecified atom stereocenters. The van der Waals surface area contributed by atoms with Crippen molar-refractivity contribution in [3.05, 3.63) is 97.2 Å². The first kappa shape index (κ1) is 25.4. The fourth-order valence-electron chi connectivity index (χ4n) is 4.26. The van der Waals surface area contributed by atoms with Crippen molar-refractivity contribution < 1.29 is 9.53 Å². The number of nitrogens with zero attached hydrogens (tertiary/aromatic N) is 4. The molecular formula is C30H27N7O2. The molecule has 9 nitrogen and oxygen atoms in total. The highest BCUT2D eigenvalue weighted by Gasteiger charge is 2.15.